The number of likely N-dealkylation sites (N-methyl/N-ethyl adjacent to an activating group) is 1. The molecule has 1 aromatic heterocycles. The first kappa shape index (κ1) is 17.0. The summed E-state index contributed by atoms with van der Waals surface area (Å²) in [6.07, 6.45) is 0. The van der Waals surface area contributed by atoms with Crippen LogP contribution in [0.3, 0.4) is 0 Å². The van der Waals surface area contributed by atoms with Gasteiger partial charge in [0.25, 0.3) is 0 Å². The van der Waals surface area contributed by atoms with Crippen LogP contribution in [0.25, 0.3) is 11.3 Å². The van der Waals surface area contributed by atoms with Gasteiger partial charge >= 0.3 is 5.97 Å². The number of aromatic nitrogens is 1. The van der Waals surface area contributed by atoms with Crippen LogP contribution in [-0.4, -0.2) is 42.8 Å². The summed E-state index contributed by atoms with van der Waals surface area (Å²) >= 11 is 0. The minimum Gasteiger partial charge on any atom is -0.497 e. The van der Waals surface area contributed by atoms with Crippen molar-refractivity contribution in [3.63, 3.8) is 0 Å². The average Bonchev–Trinajstić information content (AvgIpc) is 3.07. The molecule has 0 fully saturated rings. The molecule has 6 nitrogen and oxygen atoms in total. The van der Waals surface area contributed by atoms with Crippen molar-refractivity contribution in [1.82, 2.24) is 10.1 Å². The first-order chi connectivity index (χ1) is 11.2. The van der Waals surface area contributed by atoms with Gasteiger partial charge in [0.1, 0.15) is 11.4 Å². The molecular weight excluding hydrogens is 296 g/mol. The predicted octanol–water partition coefficient (Wildman–Crippen LogP) is 2.74. The Balaban J connectivity index is 1.90. The van der Waals surface area contributed by atoms with Gasteiger partial charge in [-0.25, -0.2) is 0 Å². The number of nitrogens with zero attached hydrogens (tertiary/aromatic N) is 2. The first-order valence-electron chi connectivity index (χ1n) is 7.64. The molecule has 0 bridgehead atoms. The van der Waals surface area contributed by atoms with Crippen LogP contribution in [0.15, 0.2) is 34.9 Å². The number of methoxy groups -OCH3 is 1. The number of hydrogen-bond acceptors (Lipinski definition) is 6. The van der Waals surface area contributed by atoms with E-state index in [0.717, 1.165) is 24.4 Å². The predicted molar refractivity (Wildman–Crippen MR) is 86.1 cm³/mol. The quantitative estimate of drug-likeness (QED) is 0.697. The second-order valence-electron chi connectivity index (χ2n) is 5.03. The van der Waals surface area contributed by atoms with Crippen molar-refractivity contribution in [2.75, 3.05) is 26.7 Å². The minimum atomic E-state index is -0.268. The number of esters is 1. The molecule has 0 spiro atoms. The maximum atomic E-state index is 11.8. The van der Waals surface area contributed by atoms with Gasteiger partial charge in [-0.05, 0) is 37.4 Å². The molecule has 2 rings (SSSR count). The van der Waals surface area contributed by atoms with Crippen LogP contribution >= 0.6 is 0 Å². The van der Waals surface area contributed by atoms with Gasteiger partial charge in [-0.2, -0.15) is 0 Å². The summed E-state index contributed by atoms with van der Waals surface area (Å²) in [7, 11) is 1.62. The van der Waals surface area contributed by atoms with Gasteiger partial charge in [0.15, 0.2) is 12.4 Å². The summed E-state index contributed by atoms with van der Waals surface area (Å²) in [4.78, 5) is 13.7. The normalized spacial score (nSPS) is 10.8. The molecule has 0 aliphatic carbocycles. The van der Waals surface area contributed by atoms with Crippen molar-refractivity contribution in [2.24, 2.45) is 0 Å². The van der Waals surface area contributed by atoms with Crippen molar-refractivity contribution < 1.29 is 18.8 Å². The highest BCUT2D eigenvalue weighted by molar-refractivity contribution is 5.71. The lowest BCUT2D eigenvalue weighted by atomic mass is 10.1. The third kappa shape index (κ3) is 4.82. The number of benzene rings is 1. The molecule has 0 radical (unpaired) electrons. The smallest absolute Gasteiger partial charge is 0.320 e. The largest absolute Gasteiger partial charge is 0.497 e. The Labute approximate surface area is 136 Å². The zero-order chi connectivity index (χ0) is 16.7. The van der Waals surface area contributed by atoms with Crippen molar-refractivity contribution in [1.29, 1.82) is 0 Å². The number of ether oxygens (including phenoxy) is 2. The van der Waals surface area contributed by atoms with E-state index in [1.807, 2.05) is 43.0 Å². The fourth-order valence-corrected chi connectivity index (χ4v) is 2.11. The van der Waals surface area contributed by atoms with E-state index < -0.39 is 0 Å². The van der Waals surface area contributed by atoms with Gasteiger partial charge in [-0.1, -0.05) is 19.0 Å². The highest BCUT2D eigenvalue weighted by atomic mass is 16.5. The molecular formula is C17H22N2O4. The van der Waals surface area contributed by atoms with E-state index in [0.29, 0.717) is 11.5 Å². The van der Waals surface area contributed by atoms with E-state index in [-0.39, 0.29) is 19.1 Å². The lowest BCUT2D eigenvalue weighted by Gasteiger charge is -2.16. The van der Waals surface area contributed by atoms with Crippen molar-refractivity contribution >= 4 is 5.97 Å². The Morgan fingerprint density at radius 3 is 2.52 bits per heavy atom. The van der Waals surface area contributed by atoms with E-state index in [1.165, 1.54) is 0 Å². The minimum absolute atomic E-state index is 0.0866. The topological polar surface area (TPSA) is 64.8 Å². The number of hydrogen-bond donors (Lipinski definition) is 0. The Morgan fingerprint density at radius 2 is 1.91 bits per heavy atom. The summed E-state index contributed by atoms with van der Waals surface area (Å²) < 4.78 is 15.5. The molecule has 0 amide bonds. The Bertz CT molecular complexity index is 618. The SMILES string of the molecule is CCN(CC)CC(=O)OCc1cc(-c2ccc(OC)cc2)no1. The van der Waals surface area contributed by atoms with Crippen LogP contribution in [-0.2, 0) is 16.1 Å². The molecule has 1 heterocycles. The van der Waals surface area contributed by atoms with Crippen molar-refractivity contribution in [2.45, 2.75) is 20.5 Å². The molecule has 23 heavy (non-hydrogen) atoms. The molecule has 0 aliphatic heterocycles. The van der Waals surface area contributed by atoms with Gasteiger partial charge in [0.2, 0.25) is 0 Å². The summed E-state index contributed by atoms with van der Waals surface area (Å²) in [5.74, 6) is 1.03. The highest BCUT2D eigenvalue weighted by Gasteiger charge is 2.11. The van der Waals surface area contributed by atoms with Crippen LogP contribution in [0.2, 0.25) is 0 Å². The maximum Gasteiger partial charge on any atom is 0.320 e. The van der Waals surface area contributed by atoms with Gasteiger partial charge in [-0.15, -0.1) is 0 Å². The van der Waals surface area contributed by atoms with Gasteiger partial charge in [-0.3, -0.25) is 9.69 Å². The fraction of sp³-hybridized carbons (Fsp3) is 0.412. The first-order valence-corrected chi connectivity index (χ1v) is 7.64. The van der Waals surface area contributed by atoms with Gasteiger partial charge in [0, 0.05) is 11.6 Å². The van der Waals surface area contributed by atoms with E-state index in [2.05, 4.69) is 5.16 Å². The fourth-order valence-electron chi connectivity index (χ4n) is 2.11. The van der Waals surface area contributed by atoms with Crippen LogP contribution in [0.1, 0.15) is 19.6 Å². The monoisotopic (exact) mass is 318 g/mol. The second kappa shape index (κ2) is 8.33. The average molecular weight is 318 g/mol. The molecule has 0 N–H and O–H groups in total. The van der Waals surface area contributed by atoms with E-state index in [9.17, 15) is 4.79 Å². The van der Waals surface area contributed by atoms with Crippen LogP contribution in [0, 0.1) is 0 Å². The van der Waals surface area contributed by atoms with Crippen molar-refractivity contribution in [3.05, 3.63) is 36.1 Å². The summed E-state index contributed by atoms with van der Waals surface area (Å²) in [5, 5.41) is 4.00. The lowest BCUT2D eigenvalue weighted by molar-refractivity contribution is -0.146. The lowest BCUT2D eigenvalue weighted by Crippen LogP contribution is -2.30. The zero-order valence-electron chi connectivity index (χ0n) is 13.7. The van der Waals surface area contributed by atoms with Gasteiger partial charge < -0.3 is 14.0 Å². The summed E-state index contributed by atoms with van der Waals surface area (Å²) in [6.45, 7) is 6.02. The molecule has 124 valence electrons. The maximum absolute atomic E-state index is 11.8. The molecule has 0 atom stereocenters. The van der Waals surface area contributed by atoms with E-state index in [1.54, 1.807) is 13.2 Å². The summed E-state index contributed by atoms with van der Waals surface area (Å²) in [5.41, 5.74) is 1.61. The number of carbonyl (C=O) groups is 1. The van der Waals surface area contributed by atoms with E-state index >= 15 is 0 Å². The highest BCUT2D eigenvalue weighted by Crippen LogP contribution is 2.22. The third-order valence-corrected chi connectivity index (χ3v) is 3.57. The number of rotatable bonds is 8. The molecule has 0 unspecified atom stereocenters. The molecule has 1 aromatic carbocycles. The van der Waals surface area contributed by atoms with Crippen LogP contribution in [0.5, 0.6) is 5.75 Å². The molecule has 0 aliphatic rings. The van der Waals surface area contributed by atoms with E-state index in [4.69, 9.17) is 14.0 Å². The second-order valence-corrected chi connectivity index (χ2v) is 5.03. The van der Waals surface area contributed by atoms with Gasteiger partial charge in [0.05, 0.1) is 13.7 Å². The Kier molecular flexibility index (Phi) is 6.17. The van der Waals surface area contributed by atoms with Crippen LogP contribution < -0.4 is 4.74 Å². The zero-order valence-corrected chi connectivity index (χ0v) is 13.7. The third-order valence-electron chi connectivity index (χ3n) is 3.57. The standard InChI is InChI=1S/C17H22N2O4/c1-4-19(5-2)11-17(20)22-12-15-10-16(18-23-15)13-6-8-14(21-3)9-7-13/h6-10H,4-5,11-12H2,1-3H3. The molecule has 0 saturated heterocycles. The molecule has 0 saturated carbocycles. The van der Waals surface area contributed by atoms with Crippen LogP contribution in [0.4, 0.5) is 0 Å². The number of carbonyl (C=O) groups excluding carboxylic acids is 1. The summed E-state index contributed by atoms with van der Waals surface area (Å²) in [6, 6.07) is 9.27. The Morgan fingerprint density at radius 1 is 1.22 bits per heavy atom. The molecule has 6 heteroatoms. The molecule has 2 aromatic rings. The Hall–Kier alpha value is -2.34. The van der Waals surface area contributed by atoms with Crippen molar-refractivity contribution in [3.8, 4) is 17.0 Å².